The molecule has 0 spiro atoms. The van der Waals surface area contributed by atoms with Gasteiger partial charge in [-0.05, 0) is 13.0 Å². The molecule has 0 saturated heterocycles. The van der Waals surface area contributed by atoms with Gasteiger partial charge in [-0.2, -0.15) is 4.98 Å². The highest BCUT2D eigenvalue weighted by Gasteiger charge is 2.11. The van der Waals surface area contributed by atoms with Crippen LogP contribution in [-0.4, -0.2) is 24.1 Å². The van der Waals surface area contributed by atoms with Crippen LogP contribution in [0.4, 0.5) is 11.8 Å². The molecule has 2 aromatic rings. The number of rotatable bonds is 5. The fourth-order valence-electron chi connectivity index (χ4n) is 2.05. The van der Waals surface area contributed by atoms with Gasteiger partial charge in [0, 0.05) is 30.9 Å². The van der Waals surface area contributed by atoms with Crippen molar-refractivity contribution in [3.8, 4) is 5.75 Å². The van der Waals surface area contributed by atoms with E-state index in [2.05, 4.69) is 15.4 Å². The van der Waals surface area contributed by atoms with E-state index < -0.39 is 0 Å². The molecule has 3 N–H and O–H groups in total. The van der Waals surface area contributed by atoms with E-state index in [9.17, 15) is 0 Å². The van der Waals surface area contributed by atoms with Crippen molar-refractivity contribution in [1.82, 2.24) is 9.97 Å². The number of nitrogens with two attached hydrogens (primary N) is 1. The molecular weight excluding hydrogens is 254 g/mol. The van der Waals surface area contributed by atoms with Gasteiger partial charge < -0.3 is 9.64 Å². The maximum absolute atomic E-state index is 5.37. The number of para-hydroxylation sites is 1. The van der Waals surface area contributed by atoms with Crippen LogP contribution < -0.4 is 20.9 Å². The summed E-state index contributed by atoms with van der Waals surface area (Å²) in [6.07, 6.45) is 1.75. The summed E-state index contributed by atoms with van der Waals surface area (Å²) in [6, 6.07) is 7.93. The number of aromatic nitrogens is 2. The summed E-state index contributed by atoms with van der Waals surface area (Å²) in [5.41, 5.74) is 4.54. The van der Waals surface area contributed by atoms with E-state index in [-0.39, 0.29) is 0 Å². The third-order valence-corrected chi connectivity index (χ3v) is 3.04. The monoisotopic (exact) mass is 273 g/mol. The summed E-state index contributed by atoms with van der Waals surface area (Å²) in [6.45, 7) is 2.65. The average molecular weight is 273 g/mol. The molecular formula is C14H19N5O. The van der Waals surface area contributed by atoms with Crippen molar-refractivity contribution in [2.75, 3.05) is 24.5 Å². The molecule has 0 amide bonds. The van der Waals surface area contributed by atoms with Crippen LogP contribution in [0.3, 0.4) is 0 Å². The number of aryl methyl sites for hydroxylation is 1. The highest BCUT2D eigenvalue weighted by molar-refractivity contribution is 5.49. The molecule has 0 aliphatic carbocycles. The van der Waals surface area contributed by atoms with Gasteiger partial charge in [0.25, 0.3) is 0 Å². The Morgan fingerprint density at radius 1 is 1.35 bits per heavy atom. The molecule has 0 aliphatic rings. The minimum atomic E-state index is 0.400. The van der Waals surface area contributed by atoms with Gasteiger partial charge in [-0.1, -0.05) is 18.2 Å². The second kappa shape index (κ2) is 6.21. The number of methoxy groups -OCH3 is 1. The third kappa shape index (κ3) is 2.97. The van der Waals surface area contributed by atoms with Crippen molar-refractivity contribution in [2.45, 2.75) is 13.5 Å². The van der Waals surface area contributed by atoms with E-state index in [0.29, 0.717) is 12.5 Å². The maximum atomic E-state index is 5.37. The predicted molar refractivity (Wildman–Crippen MR) is 79.7 cm³/mol. The van der Waals surface area contributed by atoms with Gasteiger partial charge in [-0.15, -0.1) is 0 Å². The Kier molecular flexibility index (Phi) is 4.37. The van der Waals surface area contributed by atoms with Crippen LogP contribution in [-0.2, 0) is 6.54 Å². The smallest absolute Gasteiger partial charge is 0.239 e. The van der Waals surface area contributed by atoms with Crippen molar-refractivity contribution < 1.29 is 4.74 Å². The number of hydrazine groups is 1. The minimum Gasteiger partial charge on any atom is -0.496 e. The molecule has 2 rings (SSSR count). The van der Waals surface area contributed by atoms with Crippen molar-refractivity contribution in [3.63, 3.8) is 0 Å². The first-order valence-electron chi connectivity index (χ1n) is 6.29. The van der Waals surface area contributed by atoms with Crippen molar-refractivity contribution in [2.24, 2.45) is 5.84 Å². The molecule has 20 heavy (non-hydrogen) atoms. The number of ether oxygens (including phenoxy) is 1. The van der Waals surface area contributed by atoms with Crippen LogP contribution in [0.25, 0.3) is 0 Å². The first kappa shape index (κ1) is 14.1. The summed E-state index contributed by atoms with van der Waals surface area (Å²) in [5.74, 6) is 7.45. The Morgan fingerprint density at radius 3 is 2.80 bits per heavy atom. The van der Waals surface area contributed by atoms with Crippen LogP contribution in [0.1, 0.15) is 11.1 Å². The first-order chi connectivity index (χ1) is 9.65. The first-order valence-corrected chi connectivity index (χ1v) is 6.29. The standard InChI is InChI=1S/C14H19N5O/c1-10-8-16-14(18-15)17-13(10)19(2)9-11-6-4-5-7-12(11)20-3/h4-8H,9,15H2,1-3H3,(H,16,17,18). The van der Waals surface area contributed by atoms with Crippen molar-refractivity contribution in [3.05, 3.63) is 41.6 Å². The summed E-state index contributed by atoms with van der Waals surface area (Å²) >= 11 is 0. The Morgan fingerprint density at radius 2 is 2.10 bits per heavy atom. The fraction of sp³-hybridized carbons (Fsp3) is 0.286. The molecule has 1 aromatic carbocycles. The number of nitrogens with one attached hydrogen (secondary N) is 1. The lowest BCUT2D eigenvalue weighted by molar-refractivity contribution is 0.409. The summed E-state index contributed by atoms with van der Waals surface area (Å²) in [7, 11) is 3.65. The summed E-state index contributed by atoms with van der Waals surface area (Å²) in [4.78, 5) is 10.5. The third-order valence-electron chi connectivity index (χ3n) is 3.04. The van der Waals surface area contributed by atoms with Gasteiger partial charge in [0.15, 0.2) is 0 Å². The van der Waals surface area contributed by atoms with Crippen LogP contribution in [0, 0.1) is 6.92 Å². The summed E-state index contributed by atoms with van der Waals surface area (Å²) in [5, 5.41) is 0. The van der Waals surface area contributed by atoms with E-state index >= 15 is 0 Å². The highest BCUT2D eigenvalue weighted by Crippen LogP contribution is 2.23. The quantitative estimate of drug-likeness (QED) is 0.638. The SMILES string of the molecule is COc1ccccc1CN(C)c1nc(NN)ncc1C. The molecule has 0 aliphatic heterocycles. The van der Waals surface area contributed by atoms with E-state index in [0.717, 1.165) is 22.7 Å². The lowest BCUT2D eigenvalue weighted by Gasteiger charge is -2.21. The number of nitrogens with zero attached hydrogens (tertiary/aromatic N) is 3. The molecule has 0 fully saturated rings. The van der Waals surface area contributed by atoms with Gasteiger partial charge in [0.2, 0.25) is 5.95 Å². The van der Waals surface area contributed by atoms with Gasteiger partial charge in [-0.25, -0.2) is 10.8 Å². The van der Waals surface area contributed by atoms with Crippen LogP contribution in [0.2, 0.25) is 0 Å². The van der Waals surface area contributed by atoms with E-state index in [1.54, 1.807) is 13.3 Å². The van der Waals surface area contributed by atoms with Gasteiger partial charge in [0.05, 0.1) is 7.11 Å². The number of benzene rings is 1. The average Bonchev–Trinajstić information content (AvgIpc) is 2.48. The van der Waals surface area contributed by atoms with Crippen LogP contribution in [0.5, 0.6) is 5.75 Å². The largest absolute Gasteiger partial charge is 0.496 e. The van der Waals surface area contributed by atoms with Gasteiger partial charge in [-0.3, -0.25) is 5.43 Å². The zero-order valence-electron chi connectivity index (χ0n) is 11.9. The molecule has 106 valence electrons. The molecule has 0 unspecified atom stereocenters. The molecule has 1 aromatic heterocycles. The van der Waals surface area contributed by atoms with Crippen molar-refractivity contribution in [1.29, 1.82) is 0 Å². The number of nitrogen functional groups attached to an aromatic ring is 1. The second-order valence-electron chi connectivity index (χ2n) is 4.51. The Bertz CT molecular complexity index is 588. The Balaban J connectivity index is 2.25. The zero-order valence-corrected chi connectivity index (χ0v) is 11.9. The highest BCUT2D eigenvalue weighted by atomic mass is 16.5. The van der Waals surface area contributed by atoms with Crippen LogP contribution >= 0.6 is 0 Å². The fourth-order valence-corrected chi connectivity index (χ4v) is 2.05. The molecule has 0 atom stereocenters. The minimum absolute atomic E-state index is 0.400. The lowest BCUT2D eigenvalue weighted by Crippen LogP contribution is -2.21. The molecule has 0 bridgehead atoms. The number of hydrogen-bond acceptors (Lipinski definition) is 6. The molecule has 0 radical (unpaired) electrons. The van der Waals surface area contributed by atoms with Crippen LogP contribution in [0.15, 0.2) is 30.5 Å². The lowest BCUT2D eigenvalue weighted by atomic mass is 10.2. The molecule has 1 heterocycles. The number of hydrogen-bond donors (Lipinski definition) is 2. The van der Waals surface area contributed by atoms with Gasteiger partial charge >= 0.3 is 0 Å². The predicted octanol–water partition coefficient (Wildman–Crippen LogP) is 1.72. The van der Waals surface area contributed by atoms with Gasteiger partial charge in [0.1, 0.15) is 11.6 Å². The van der Waals surface area contributed by atoms with E-state index in [1.807, 2.05) is 43.1 Å². The maximum Gasteiger partial charge on any atom is 0.239 e. The molecule has 6 heteroatoms. The molecule has 6 nitrogen and oxygen atoms in total. The zero-order chi connectivity index (χ0) is 14.5. The Labute approximate surface area is 118 Å². The normalized spacial score (nSPS) is 10.2. The second-order valence-corrected chi connectivity index (χ2v) is 4.51. The van der Waals surface area contributed by atoms with Crippen molar-refractivity contribution >= 4 is 11.8 Å². The topological polar surface area (TPSA) is 76.3 Å². The molecule has 0 saturated carbocycles. The summed E-state index contributed by atoms with van der Waals surface area (Å²) < 4.78 is 5.37. The number of anilines is 2. The van der Waals surface area contributed by atoms with E-state index in [4.69, 9.17) is 10.6 Å². The van der Waals surface area contributed by atoms with E-state index in [1.165, 1.54) is 0 Å². The Hall–Kier alpha value is -2.34.